The van der Waals surface area contributed by atoms with Crippen LogP contribution in [0.1, 0.15) is 28.7 Å². The van der Waals surface area contributed by atoms with Crippen LogP contribution in [0, 0.1) is 0 Å². The van der Waals surface area contributed by atoms with Gasteiger partial charge in [-0.1, -0.05) is 5.21 Å². The molecule has 0 spiro atoms. The maximum Gasteiger partial charge on any atom is 0.435 e. The highest BCUT2D eigenvalue weighted by Crippen LogP contribution is 2.31. The Labute approximate surface area is 122 Å². The van der Waals surface area contributed by atoms with Gasteiger partial charge in [-0.25, -0.2) is 9.48 Å². The van der Waals surface area contributed by atoms with Crippen molar-refractivity contribution >= 4 is 17.3 Å². The summed E-state index contributed by atoms with van der Waals surface area (Å²) in [7, 11) is 0. The van der Waals surface area contributed by atoms with E-state index in [2.05, 4.69) is 15.0 Å². The third kappa shape index (κ3) is 3.60. The van der Waals surface area contributed by atoms with E-state index in [-0.39, 0.29) is 13.2 Å². The van der Waals surface area contributed by atoms with E-state index in [9.17, 15) is 18.0 Å². The summed E-state index contributed by atoms with van der Waals surface area (Å²) in [6.45, 7) is 1.46. The predicted molar refractivity (Wildman–Crippen MR) is 69.0 cm³/mol. The van der Waals surface area contributed by atoms with E-state index >= 15 is 0 Å². The minimum absolute atomic E-state index is 0.0159. The maximum atomic E-state index is 13.1. The van der Waals surface area contributed by atoms with Crippen molar-refractivity contribution in [3.05, 3.63) is 33.8 Å². The van der Waals surface area contributed by atoms with Gasteiger partial charge >= 0.3 is 12.1 Å². The highest BCUT2D eigenvalue weighted by atomic mass is 32.1. The molecule has 0 saturated carbocycles. The second-order valence-electron chi connectivity index (χ2n) is 4.11. The normalized spacial score (nSPS) is 11.6. The van der Waals surface area contributed by atoms with Crippen molar-refractivity contribution in [3.8, 4) is 0 Å². The van der Waals surface area contributed by atoms with Crippen LogP contribution in [0.15, 0.2) is 16.8 Å². The zero-order chi connectivity index (χ0) is 15.5. The Balaban J connectivity index is 2.26. The Morgan fingerprint density at radius 2 is 2.24 bits per heavy atom. The van der Waals surface area contributed by atoms with Gasteiger partial charge in [0, 0.05) is 6.54 Å². The summed E-state index contributed by atoms with van der Waals surface area (Å²) in [5.41, 5.74) is -1.06. The van der Waals surface area contributed by atoms with Gasteiger partial charge in [-0.05, 0) is 35.7 Å². The van der Waals surface area contributed by atoms with E-state index in [1.165, 1.54) is 18.3 Å². The second kappa shape index (κ2) is 6.25. The lowest BCUT2D eigenvalue weighted by atomic mass is 10.2. The zero-order valence-corrected chi connectivity index (χ0v) is 11.9. The lowest BCUT2D eigenvalue weighted by Gasteiger charge is -2.10. The fourth-order valence-electron chi connectivity index (χ4n) is 1.76. The van der Waals surface area contributed by atoms with Gasteiger partial charge in [0.25, 0.3) is 0 Å². The largest absolute Gasteiger partial charge is 0.461 e. The summed E-state index contributed by atoms with van der Waals surface area (Å²) >= 11 is 1.46. The van der Waals surface area contributed by atoms with Crippen molar-refractivity contribution < 1.29 is 22.7 Å². The molecule has 114 valence electrons. The van der Waals surface area contributed by atoms with Crippen LogP contribution in [0.25, 0.3) is 0 Å². The molecule has 9 heteroatoms. The third-order valence-corrected chi connectivity index (χ3v) is 3.40. The summed E-state index contributed by atoms with van der Waals surface area (Å²) in [5, 5.41) is 10.4. The van der Waals surface area contributed by atoms with Crippen LogP contribution in [-0.4, -0.2) is 27.6 Å². The fourth-order valence-corrected chi connectivity index (χ4v) is 2.46. The number of aryl methyl sites for hydroxylation is 2. The van der Waals surface area contributed by atoms with E-state index in [1.54, 1.807) is 0 Å². The van der Waals surface area contributed by atoms with Crippen LogP contribution < -0.4 is 0 Å². The molecule has 2 aromatic rings. The second-order valence-corrected chi connectivity index (χ2v) is 4.89. The van der Waals surface area contributed by atoms with Gasteiger partial charge < -0.3 is 4.74 Å². The molecule has 0 N–H and O–H groups in total. The number of carbonyl (C=O) groups is 1. The van der Waals surface area contributed by atoms with Gasteiger partial charge in [0.1, 0.15) is 0 Å². The van der Waals surface area contributed by atoms with Crippen molar-refractivity contribution in [2.24, 2.45) is 0 Å². The quantitative estimate of drug-likeness (QED) is 0.795. The number of ether oxygens (including phenoxy) is 1. The molecule has 0 amide bonds. The number of carbonyl (C=O) groups excluding carboxylic acids is 1. The SMILES string of the molecule is CCOC(=O)c1nnn(CCc2ccsc2)c1C(F)(F)F. The molecule has 2 rings (SSSR count). The molecule has 0 radical (unpaired) electrons. The molecule has 2 heterocycles. The van der Waals surface area contributed by atoms with E-state index < -0.39 is 23.5 Å². The first-order valence-corrected chi connectivity index (χ1v) is 7.06. The van der Waals surface area contributed by atoms with E-state index in [1.807, 2.05) is 16.8 Å². The minimum Gasteiger partial charge on any atom is -0.461 e. The number of rotatable bonds is 5. The number of hydrogen-bond donors (Lipinski definition) is 0. The highest BCUT2D eigenvalue weighted by Gasteiger charge is 2.41. The highest BCUT2D eigenvalue weighted by molar-refractivity contribution is 7.07. The molecule has 0 aliphatic rings. The van der Waals surface area contributed by atoms with Crippen LogP contribution in [0.3, 0.4) is 0 Å². The van der Waals surface area contributed by atoms with Gasteiger partial charge in [0.2, 0.25) is 5.69 Å². The van der Waals surface area contributed by atoms with E-state index in [0.29, 0.717) is 11.1 Å². The van der Waals surface area contributed by atoms with Crippen molar-refractivity contribution in [3.63, 3.8) is 0 Å². The fraction of sp³-hybridized carbons (Fsp3) is 0.417. The topological polar surface area (TPSA) is 57.0 Å². The molecule has 0 bridgehead atoms. The Bertz CT molecular complexity index is 608. The average Bonchev–Trinajstić information content (AvgIpc) is 3.05. The molecule has 21 heavy (non-hydrogen) atoms. The number of aromatic nitrogens is 3. The zero-order valence-electron chi connectivity index (χ0n) is 11.1. The van der Waals surface area contributed by atoms with Crippen molar-refractivity contribution in [1.29, 1.82) is 0 Å². The molecule has 0 aliphatic carbocycles. The number of hydrogen-bond acceptors (Lipinski definition) is 5. The smallest absolute Gasteiger partial charge is 0.435 e. The Hall–Kier alpha value is -1.90. The molecule has 0 fully saturated rings. The molecule has 0 saturated heterocycles. The lowest BCUT2D eigenvalue weighted by Crippen LogP contribution is -2.20. The monoisotopic (exact) mass is 319 g/mol. The summed E-state index contributed by atoms with van der Waals surface area (Å²) < 4.78 is 44.6. The Morgan fingerprint density at radius 3 is 2.81 bits per heavy atom. The number of halogens is 3. The van der Waals surface area contributed by atoms with Crippen LogP contribution in [-0.2, 0) is 23.9 Å². The molecule has 0 aromatic carbocycles. The van der Waals surface area contributed by atoms with E-state index in [0.717, 1.165) is 5.56 Å². The van der Waals surface area contributed by atoms with Gasteiger partial charge in [-0.15, -0.1) is 5.10 Å². The van der Waals surface area contributed by atoms with Gasteiger partial charge in [-0.2, -0.15) is 24.5 Å². The molecular weight excluding hydrogens is 307 g/mol. The van der Waals surface area contributed by atoms with Gasteiger partial charge in [0.05, 0.1) is 6.61 Å². The van der Waals surface area contributed by atoms with Crippen molar-refractivity contribution in [2.45, 2.75) is 26.1 Å². The first-order valence-electron chi connectivity index (χ1n) is 6.12. The predicted octanol–water partition coefficient (Wildman–Crippen LogP) is 2.78. The van der Waals surface area contributed by atoms with Gasteiger partial charge in [0.15, 0.2) is 5.69 Å². The van der Waals surface area contributed by atoms with Crippen LogP contribution >= 0.6 is 11.3 Å². The minimum atomic E-state index is -4.72. The lowest BCUT2D eigenvalue weighted by molar-refractivity contribution is -0.144. The standard InChI is InChI=1S/C12H12F3N3O2S/c1-2-20-11(19)9-10(12(13,14)15)18(17-16-9)5-3-8-4-6-21-7-8/h4,6-7H,2-3,5H2,1H3. The van der Waals surface area contributed by atoms with Gasteiger partial charge in [-0.3, -0.25) is 0 Å². The first-order chi connectivity index (χ1) is 9.93. The number of nitrogens with zero attached hydrogens (tertiary/aromatic N) is 3. The Kier molecular flexibility index (Phi) is 4.61. The number of alkyl halides is 3. The number of esters is 1. The molecule has 0 atom stereocenters. The molecule has 2 aromatic heterocycles. The molecule has 5 nitrogen and oxygen atoms in total. The van der Waals surface area contributed by atoms with E-state index in [4.69, 9.17) is 0 Å². The molecule has 0 aliphatic heterocycles. The third-order valence-electron chi connectivity index (χ3n) is 2.66. The molecular formula is C12H12F3N3O2S. The van der Waals surface area contributed by atoms with Crippen LogP contribution in [0.2, 0.25) is 0 Å². The molecule has 0 unspecified atom stereocenters. The summed E-state index contributed by atoms with van der Waals surface area (Å²) in [6.07, 6.45) is -4.35. The summed E-state index contributed by atoms with van der Waals surface area (Å²) in [5.74, 6) is -1.12. The summed E-state index contributed by atoms with van der Waals surface area (Å²) in [6, 6.07) is 1.82. The summed E-state index contributed by atoms with van der Waals surface area (Å²) in [4.78, 5) is 11.5. The Morgan fingerprint density at radius 1 is 1.48 bits per heavy atom. The first kappa shape index (κ1) is 15.5. The maximum absolute atomic E-state index is 13.1. The van der Waals surface area contributed by atoms with Crippen LogP contribution in [0.4, 0.5) is 13.2 Å². The average molecular weight is 319 g/mol. The number of thiophene rings is 1. The van der Waals surface area contributed by atoms with Crippen molar-refractivity contribution in [1.82, 2.24) is 15.0 Å². The van der Waals surface area contributed by atoms with Crippen molar-refractivity contribution in [2.75, 3.05) is 6.61 Å². The van der Waals surface area contributed by atoms with Crippen LogP contribution in [0.5, 0.6) is 0 Å².